The molecule has 1 atom stereocenters. The normalized spacial score (nSPS) is 12.2. The smallest absolute Gasteiger partial charge is 0.269 e. The van der Waals surface area contributed by atoms with E-state index in [2.05, 4.69) is 10.6 Å². The van der Waals surface area contributed by atoms with Crippen molar-refractivity contribution in [3.63, 3.8) is 0 Å². The van der Waals surface area contributed by atoms with Gasteiger partial charge in [-0.05, 0) is 31.5 Å². The largest absolute Gasteiger partial charge is 0.387 e. The topological polar surface area (TPSA) is 104 Å². The summed E-state index contributed by atoms with van der Waals surface area (Å²) in [7, 11) is 0. The summed E-state index contributed by atoms with van der Waals surface area (Å²) < 4.78 is 0. The summed E-state index contributed by atoms with van der Waals surface area (Å²) in [6.07, 6.45) is -0.426. The fourth-order valence-electron chi connectivity index (χ4n) is 1.77. The van der Waals surface area contributed by atoms with Crippen LogP contribution in [0.5, 0.6) is 0 Å². The Bertz CT molecular complexity index is 474. The molecule has 1 unspecified atom stereocenters. The number of aliphatic hydroxyl groups is 1. The van der Waals surface area contributed by atoms with Crippen molar-refractivity contribution in [1.82, 2.24) is 10.6 Å². The number of carbonyl (C=O) groups is 1. The third-order valence-corrected chi connectivity index (χ3v) is 2.80. The van der Waals surface area contributed by atoms with Crippen molar-refractivity contribution in [2.75, 3.05) is 13.1 Å². The van der Waals surface area contributed by atoms with Crippen LogP contribution in [0.25, 0.3) is 0 Å². The molecule has 7 nitrogen and oxygen atoms in total. The minimum atomic E-state index is -0.765. The molecule has 0 saturated heterocycles. The van der Waals surface area contributed by atoms with Crippen molar-refractivity contribution in [1.29, 1.82) is 0 Å². The number of non-ortho nitro benzene ring substituents is 1. The summed E-state index contributed by atoms with van der Waals surface area (Å²) in [5.41, 5.74) is 0.587. The maximum atomic E-state index is 11.4. The predicted octanol–water partition coefficient (Wildman–Crippen LogP) is 1.13. The second-order valence-corrected chi connectivity index (χ2v) is 5.04. The molecule has 0 fully saturated rings. The van der Waals surface area contributed by atoms with Gasteiger partial charge in [0, 0.05) is 37.7 Å². The van der Waals surface area contributed by atoms with Crippen molar-refractivity contribution < 1.29 is 14.8 Å². The van der Waals surface area contributed by atoms with Gasteiger partial charge in [0.25, 0.3) is 5.69 Å². The van der Waals surface area contributed by atoms with Crippen LogP contribution >= 0.6 is 0 Å². The number of carbonyl (C=O) groups excluding carboxylic acids is 1. The molecule has 0 heterocycles. The minimum Gasteiger partial charge on any atom is -0.387 e. The fraction of sp³-hybridized carbons (Fsp3) is 0.500. The second-order valence-electron chi connectivity index (χ2n) is 5.04. The summed E-state index contributed by atoms with van der Waals surface area (Å²) in [5.74, 6) is -0.0395. The van der Waals surface area contributed by atoms with Crippen LogP contribution in [0.1, 0.15) is 31.9 Å². The van der Waals surface area contributed by atoms with Gasteiger partial charge in [0.1, 0.15) is 0 Å². The molecule has 0 aliphatic carbocycles. The first kappa shape index (κ1) is 17.1. The van der Waals surface area contributed by atoms with Crippen LogP contribution in [-0.2, 0) is 4.79 Å². The highest BCUT2D eigenvalue weighted by atomic mass is 16.6. The van der Waals surface area contributed by atoms with E-state index in [4.69, 9.17) is 0 Å². The quantitative estimate of drug-likeness (QED) is 0.379. The Morgan fingerprint density at radius 1 is 1.33 bits per heavy atom. The van der Waals surface area contributed by atoms with Crippen LogP contribution in [0.15, 0.2) is 24.3 Å². The van der Waals surface area contributed by atoms with E-state index in [0.29, 0.717) is 18.5 Å². The number of nitro benzene ring substituents is 1. The number of hydrogen-bond donors (Lipinski definition) is 3. The molecule has 1 rings (SSSR count). The Labute approximate surface area is 123 Å². The summed E-state index contributed by atoms with van der Waals surface area (Å²) in [4.78, 5) is 21.4. The number of amides is 1. The molecule has 0 aliphatic heterocycles. The number of nitro groups is 1. The van der Waals surface area contributed by atoms with Crippen molar-refractivity contribution in [2.24, 2.45) is 0 Å². The molecule has 0 radical (unpaired) electrons. The lowest BCUT2D eigenvalue weighted by molar-refractivity contribution is -0.384. The first-order valence-electron chi connectivity index (χ1n) is 6.82. The SMILES string of the molecule is CC(C)NC(=O)CCNCC(O)c1ccc([N+](=O)[O-])cc1. The summed E-state index contributed by atoms with van der Waals surface area (Å²) in [6, 6.07) is 5.87. The van der Waals surface area contributed by atoms with Gasteiger partial charge in [0.2, 0.25) is 5.91 Å². The van der Waals surface area contributed by atoms with Gasteiger partial charge in [-0.3, -0.25) is 14.9 Å². The van der Waals surface area contributed by atoms with Crippen LogP contribution in [0, 0.1) is 10.1 Å². The third-order valence-electron chi connectivity index (χ3n) is 2.80. The van der Waals surface area contributed by atoms with Gasteiger partial charge in [0.05, 0.1) is 11.0 Å². The van der Waals surface area contributed by atoms with Crippen molar-refractivity contribution >= 4 is 11.6 Å². The Hall–Kier alpha value is -1.99. The van der Waals surface area contributed by atoms with Gasteiger partial charge >= 0.3 is 0 Å². The zero-order valence-electron chi connectivity index (χ0n) is 12.2. The molecule has 21 heavy (non-hydrogen) atoms. The van der Waals surface area contributed by atoms with Crippen LogP contribution in [0.2, 0.25) is 0 Å². The van der Waals surface area contributed by atoms with Gasteiger partial charge in [-0.25, -0.2) is 0 Å². The first-order chi connectivity index (χ1) is 9.90. The predicted molar refractivity (Wildman–Crippen MR) is 78.8 cm³/mol. The highest BCUT2D eigenvalue weighted by Gasteiger charge is 2.10. The molecular formula is C14H21N3O4. The van der Waals surface area contributed by atoms with E-state index in [9.17, 15) is 20.0 Å². The van der Waals surface area contributed by atoms with E-state index in [0.717, 1.165) is 0 Å². The number of hydrogen-bond acceptors (Lipinski definition) is 5. The average molecular weight is 295 g/mol. The molecule has 3 N–H and O–H groups in total. The first-order valence-corrected chi connectivity index (χ1v) is 6.82. The lowest BCUT2D eigenvalue weighted by atomic mass is 10.1. The lowest BCUT2D eigenvalue weighted by Gasteiger charge is -2.12. The molecular weight excluding hydrogens is 274 g/mol. The number of benzene rings is 1. The molecule has 0 bridgehead atoms. The minimum absolute atomic E-state index is 0.00994. The summed E-state index contributed by atoms with van der Waals surface area (Å²) >= 11 is 0. The molecule has 0 saturated carbocycles. The zero-order valence-corrected chi connectivity index (χ0v) is 12.2. The number of aliphatic hydroxyl groups excluding tert-OH is 1. The number of nitrogens with zero attached hydrogens (tertiary/aromatic N) is 1. The highest BCUT2D eigenvalue weighted by molar-refractivity contribution is 5.76. The molecule has 1 aromatic carbocycles. The van der Waals surface area contributed by atoms with Crippen LogP contribution in [0.4, 0.5) is 5.69 Å². The third kappa shape index (κ3) is 6.33. The van der Waals surface area contributed by atoms with E-state index in [1.54, 1.807) is 0 Å². The van der Waals surface area contributed by atoms with Gasteiger partial charge in [-0.15, -0.1) is 0 Å². The Kier molecular flexibility index (Phi) is 6.77. The number of nitrogens with one attached hydrogen (secondary N) is 2. The van der Waals surface area contributed by atoms with Crippen LogP contribution in [-0.4, -0.2) is 35.1 Å². The maximum Gasteiger partial charge on any atom is 0.269 e. The van der Waals surface area contributed by atoms with Gasteiger partial charge in [-0.2, -0.15) is 0 Å². The van der Waals surface area contributed by atoms with Gasteiger partial charge in [0.15, 0.2) is 0 Å². The van der Waals surface area contributed by atoms with E-state index >= 15 is 0 Å². The Morgan fingerprint density at radius 3 is 2.48 bits per heavy atom. The maximum absolute atomic E-state index is 11.4. The van der Waals surface area contributed by atoms with Crippen molar-refractivity contribution in [3.05, 3.63) is 39.9 Å². The van der Waals surface area contributed by atoms with E-state index in [1.807, 2.05) is 13.8 Å². The van der Waals surface area contributed by atoms with E-state index in [-0.39, 0.29) is 24.2 Å². The van der Waals surface area contributed by atoms with E-state index in [1.165, 1.54) is 24.3 Å². The Morgan fingerprint density at radius 2 is 1.95 bits per heavy atom. The van der Waals surface area contributed by atoms with Gasteiger partial charge < -0.3 is 15.7 Å². The Balaban J connectivity index is 2.32. The molecule has 1 amide bonds. The highest BCUT2D eigenvalue weighted by Crippen LogP contribution is 2.17. The molecule has 0 spiro atoms. The van der Waals surface area contributed by atoms with Crippen molar-refractivity contribution in [2.45, 2.75) is 32.4 Å². The molecule has 7 heteroatoms. The summed E-state index contributed by atoms with van der Waals surface area (Å²) in [6.45, 7) is 4.53. The molecule has 0 aliphatic rings. The molecule has 1 aromatic rings. The molecule has 116 valence electrons. The second kappa shape index (κ2) is 8.33. The van der Waals surface area contributed by atoms with Crippen LogP contribution in [0.3, 0.4) is 0 Å². The molecule has 0 aromatic heterocycles. The summed E-state index contributed by atoms with van der Waals surface area (Å²) in [5, 5.41) is 26.2. The zero-order chi connectivity index (χ0) is 15.8. The lowest BCUT2D eigenvalue weighted by Crippen LogP contribution is -2.33. The standard InChI is InChI=1S/C14H21N3O4/c1-10(2)16-14(19)7-8-15-9-13(18)11-3-5-12(6-4-11)17(20)21/h3-6,10,13,15,18H,7-9H2,1-2H3,(H,16,19). The average Bonchev–Trinajstić information content (AvgIpc) is 2.42. The van der Waals surface area contributed by atoms with Crippen molar-refractivity contribution in [3.8, 4) is 0 Å². The fourth-order valence-corrected chi connectivity index (χ4v) is 1.77. The van der Waals surface area contributed by atoms with Crippen LogP contribution < -0.4 is 10.6 Å². The monoisotopic (exact) mass is 295 g/mol. The number of rotatable bonds is 8. The van der Waals surface area contributed by atoms with Gasteiger partial charge in [-0.1, -0.05) is 0 Å². The van der Waals surface area contributed by atoms with E-state index < -0.39 is 11.0 Å².